The Labute approximate surface area is 161 Å². The molecule has 2 aliphatic rings. The smallest absolute Gasteiger partial charge is 0.249 e. The molecule has 2 saturated heterocycles. The van der Waals surface area contributed by atoms with Gasteiger partial charge in [-0.15, -0.1) is 23.1 Å². The normalized spacial score (nSPS) is 24.8. The van der Waals surface area contributed by atoms with Gasteiger partial charge in [0, 0.05) is 23.1 Å². The molecule has 0 spiro atoms. The summed E-state index contributed by atoms with van der Waals surface area (Å²) in [6, 6.07) is 5.85. The number of thiazole rings is 1. The van der Waals surface area contributed by atoms with Crippen LogP contribution in [0, 0.1) is 13.8 Å². The number of benzene rings is 1. The Balaban J connectivity index is 1.51. The molecule has 2 aromatic rings. The quantitative estimate of drug-likeness (QED) is 0.870. The van der Waals surface area contributed by atoms with E-state index in [9.17, 15) is 9.59 Å². The largest absolute Gasteiger partial charge is 0.315 e. The molecule has 2 aliphatic heterocycles. The van der Waals surface area contributed by atoms with Crippen LogP contribution in [0.2, 0.25) is 0 Å². The molecule has 4 rings (SSSR count). The Morgan fingerprint density at radius 3 is 2.96 bits per heavy atom. The van der Waals surface area contributed by atoms with Crippen molar-refractivity contribution in [3.8, 4) is 11.3 Å². The fourth-order valence-corrected chi connectivity index (χ4v) is 5.90. The summed E-state index contributed by atoms with van der Waals surface area (Å²) < 4.78 is 0. The lowest BCUT2D eigenvalue weighted by Crippen LogP contribution is -2.48. The minimum atomic E-state index is -0.409. The van der Waals surface area contributed by atoms with Crippen LogP contribution in [0.1, 0.15) is 30.9 Å². The number of aryl methyl sites for hydroxylation is 2. The van der Waals surface area contributed by atoms with Crippen LogP contribution in [-0.4, -0.2) is 38.4 Å². The first-order valence-corrected chi connectivity index (χ1v) is 10.5. The fourth-order valence-electron chi connectivity index (χ4n) is 3.76. The number of hydrogen-bond donors (Lipinski definition) is 1. The molecule has 2 unspecified atom stereocenters. The van der Waals surface area contributed by atoms with Crippen LogP contribution in [0.3, 0.4) is 0 Å². The average molecular weight is 388 g/mol. The molecule has 0 bridgehead atoms. The van der Waals surface area contributed by atoms with E-state index in [2.05, 4.69) is 49.3 Å². The highest BCUT2D eigenvalue weighted by atomic mass is 32.2. The molecular formula is C19H21N3O2S2. The number of rotatable bonds is 3. The minimum Gasteiger partial charge on any atom is -0.315 e. The van der Waals surface area contributed by atoms with Gasteiger partial charge in [0.05, 0.1) is 10.6 Å². The number of thioether (sulfide) groups is 1. The predicted octanol–water partition coefficient (Wildman–Crippen LogP) is 3.82. The standard InChI is InChI=1S/C19H21N3O2S2/c1-11-4-5-13(12(2)8-11)14-9-25-18(20-14)21-17(24)15-10-26-19(3)7-6-16(23)22(15)19/h4-5,8-9,15H,6-7,10H2,1-3H3,(H,20,21,24). The summed E-state index contributed by atoms with van der Waals surface area (Å²) in [5, 5.41) is 5.46. The minimum absolute atomic E-state index is 0.0766. The topological polar surface area (TPSA) is 62.3 Å². The molecule has 0 saturated carbocycles. The van der Waals surface area contributed by atoms with Crippen LogP contribution in [0.25, 0.3) is 11.3 Å². The monoisotopic (exact) mass is 387 g/mol. The van der Waals surface area contributed by atoms with Gasteiger partial charge < -0.3 is 10.2 Å². The van der Waals surface area contributed by atoms with Crippen LogP contribution < -0.4 is 5.32 Å². The number of carbonyl (C=O) groups excluding carboxylic acids is 2. The molecule has 5 nitrogen and oxygen atoms in total. The first-order valence-electron chi connectivity index (χ1n) is 8.67. The zero-order valence-electron chi connectivity index (χ0n) is 15.0. The first kappa shape index (κ1) is 17.5. The Morgan fingerprint density at radius 2 is 2.19 bits per heavy atom. The molecule has 1 aromatic heterocycles. The summed E-state index contributed by atoms with van der Waals surface area (Å²) >= 11 is 3.11. The van der Waals surface area contributed by atoms with Gasteiger partial charge in [-0.1, -0.05) is 23.8 Å². The van der Waals surface area contributed by atoms with E-state index in [0.717, 1.165) is 17.7 Å². The highest BCUT2D eigenvalue weighted by Crippen LogP contribution is 2.47. The van der Waals surface area contributed by atoms with E-state index in [0.29, 0.717) is 17.3 Å². The summed E-state index contributed by atoms with van der Waals surface area (Å²) in [5.41, 5.74) is 4.32. The summed E-state index contributed by atoms with van der Waals surface area (Å²) in [6.45, 7) is 6.18. The second-order valence-electron chi connectivity index (χ2n) is 7.11. The highest BCUT2D eigenvalue weighted by Gasteiger charge is 2.52. The SMILES string of the molecule is Cc1ccc(-c2csc(NC(=O)C3CSC4(C)CCC(=O)N34)n2)c(C)c1. The van der Waals surface area contributed by atoms with Gasteiger partial charge in [0.2, 0.25) is 11.8 Å². The number of nitrogens with one attached hydrogen (secondary N) is 1. The number of amides is 2. The van der Waals surface area contributed by atoms with Crippen molar-refractivity contribution in [1.29, 1.82) is 0 Å². The molecule has 2 atom stereocenters. The Bertz CT molecular complexity index is 895. The van der Waals surface area contributed by atoms with Gasteiger partial charge in [0.25, 0.3) is 0 Å². The summed E-state index contributed by atoms with van der Waals surface area (Å²) in [4.78, 5) is 31.1. The lowest BCUT2D eigenvalue weighted by Gasteiger charge is -2.29. The van der Waals surface area contributed by atoms with Crippen LogP contribution in [0.5, 0.6) is 0 Å². The zero-order valence-corrected chi connectivity index (χ0v) is 16.7. The van der Waals surface area contributed by atoms with E-state index in [1.54, 1.807) is 16.7 Å². The van der Waals surface area contributed by atoms with Gasteiger partial charge in [-0.3, -0.25) is 9.59 Å². The van der Waals surface area contributed by atoms with Gasteiger partial charge in [0.1, 0.15) is 6.04 Å². The second-order valence-corrected chi connectivity index (χ2v) is 9.47. The fraction of sp³-hybridized carbons (Fsp3) is 0.421. The van der Waals surface area contributed by atoms with Crippen LogP contribution in [0.15, 0.2) is 23.6 Å². The maximum atomic E-state index is 12.8. The van der Waals surface area contributed by atoms with Crippen molar-refractivity contribution in [2.24, 2.45) is 0 Å². The molecule has 2 amide bonds. The maximum absolute atomic E-state index is 12.8. The zero-order chi connectivity index (χ0) is 18.5. The number of aromatic nitrogens is 1. The Kier molecular flexibility index (Phi) is 4.31. The number of carbonyl (C=O) groups is 2. The molecule has 1 aromatic carbocycles. The average Bonchev–Trinajstić information content (AvgIpc) is 3.24. The maximum Gasteiger partial charge on any atom is 0.249 e. The van der Waals surface area contributed by atoms with E-state index in [-0.39, 0.29) is 16.7 Å². The lowest BCUT2D eigenvalue weighted by molar-refractivity contribution is -0.135. The van der Waals surface area contributed by atoms with E-state index in [4.69, 9.17) is 0 Å². The molecule has 136 valence electrons. The second kappa shape index (κ2) is 6.39. The van der Waals surface area contributed by atoms with Gasteiger partial charge in [0.15, 0.2) is 5.13 Å². The third-order valence-corrected chi connectivity index (χ3v) is 7.40. The van der Waals surface area contributed by atoms with Crippen LogP contribution in [-0.2, 0) is 9.59 Å². The molecule has 3 heterocycles. The predicted molar refractivity (Wildman–Crippen MR) is 106 cm³/mol. The van der Waals surface area contributed by atoms with Gasteiger partial charge in [-0.2, -0.15) is 0 Å². The Hall–Kier alpha value is -1.86. The van der Waals surface area contributed by atoms with Crippen molar-refractivity contribution < 1.29 is 9.59 Å². The van der Waals surface area contributed by atoms with E-state index in [1.165, 1.54) is 22.5 Å². The molecule has 0 aliphatic carbocycles. The molecule has 1 N–H and O–H groups in total. The van der Waals surface area contributed by atoms with Crippen LogP contribution in [0.4, 0.5) is 5.13 Å². The molecule has 2 fully saturated rings. The third-order valence-electron chi connectivity index (χ3n) is 5.14. The van der Waals surface area contributed by atoms with E-state index < -0.39 is 6.04 Å². The number of anilines is 1. The number of fused-ring (bicyclic) bond motifs is 1. The molecule has 7 heteroatoms. The van der Waals surface area contributed by atoms with Crippen molar-refractivity contribution in [1.82, 2.24) is 9.88 Å². The molecule has 26 heavy (non-hydrogen) atoms. The van der Waals surface area contributed by atoms with Crippen molar-refractivity contribution in [2.45, 2.75) is 44.5 Å². The molecule has 0 radical (unpaired) electrons. The number of nitrogens with zero attached hydrogens (tertiary/aromatic N) is 2. The van der Waals surface area contributed by atoms with Gasteiger partial charge >= 0.3 is 0 Å². The van der Waals surface area contributed by atoms with Crippen LogP contribution >= 0.6 is 23.1 Å². The van der Waals surface area contributed by atoms with Crippen molar-refractivity contribution in [2.75, 3.05) is 11.1 Å². The number of hydrogen-bond acceptors (Lipinski definition) is 5. The first-order chi connectivity index (χ1) is 12.4. The summed E-state index contributed by atoms with van der Waals surface area (Å²) in [7, 11) is 0. The summed E-state index contributed by atoms with van der Waals surface area (Å²) in [5.74, 6) is 0.578. The van der Waals surface area contributed by atoms with E-state index >= 15 is 0 Å². The molecular weight excluding hydrogens is 366 g/mol. The van der Waals surface area contributed by atoms with Crippen molar-refractivity contribution in [3.63, 3.8) is 0 Å². The highest BCUT2D eigenvalue weighted by molar-refractivity contribution is 8.01. The van der Waals surface area contributed by atoms with Gasteiger partial charge in [-0.25, -0.2) is 4.98 Å². The van der Waals surface area contributed by atoms with Crippen molar-refractivity contribution in [3.05, 3.63) is 34.7 Å². The van der Waals surface area contributed by atoms with Crippen molar-refractivity contribution >= 4 is 40.0 Å². The summed E-state index contributed by atoms with van der Waals surface area (Å²) in [6.07, 6.45) is 1.34. The Morgan fingerprint density at radius 1 is 1.38 bits per heavy atom. The van der Waals surface area contributed by atoms with Gasteiger partial charge in [-0.05, 0) is 32.8 Å². The third kappa shape index (κ3) is 2.93. The van der Waals surface area contributed by atoms with E-state index in [1.807, 2.05) is 5.38 Å². The lowest BCUT2D eigenvalue weighted by atomic mass is 10.0.